The van der Waals surface area contributed by atoms with E-state index in [0.717, 1.165) is 25.1 Å². The zero-order valence-electron chi connectivity index (χ0n) is 10.0. The van der Waals surface area contributed by atoms with Crippen LogP contribution in [0.1, 0.15) is 18.4 Å². The van der Waals surface area contributed by atoms with Crippen LogP contribution >= 0.6 is 0 Å². The number of fused-ring (bicyclic) bond motifs is 1. The van der Waals surface area contributed by atoms with E-state index in [4.69, 9.17) is 9.68 Å². The molecule has 0 saturated carbocycles. The van der Waals surface area contributed by atoms with Gasteiger partial charge in [0.1, 0.15) is 5.58 Å². The number of rotatable bonds is 5. The first-order chi connectivity index (χ1) is 8.31. The summed E-state index contributed by atoms with van der Waals surface area (Å²) < 4.78 is 5.50. The molecule has 2 rings (SSSR count). The van der Waals surface area contributed by atoms with Crippen molar-refractivity contribution in [2.24, 2.45) is 0 Å². The van der Waals surface area contributed by atoms with Gasteiger partial charge in [0.25, 0.3) is 0 Å². The molecule has 0 radical (unpaired) electrons. The van der Waals surface area contributed by atoms with Crippen molar-refractivity contribution in [3.8, 4) is 6.07 Å². The van der Waals surface area contributed by atoms with Crippen LogP contribution in [0.2, 0.25) is 0 Å². The van der Waals surface area contributed by atoms with Gasteiger partial charge >= 0.3 is 0 Å². The lowest BCUT2D eigenvalue weighted by Gasteiger charge is -2.14. The minimum Gasteiger partial charge on any atom is -0.464 e. The SMILES string of the molecule is CN(CCCC#N)Cc1coc2ccccc12. The van der Waals surface area contributed by atoms with Crippen LogP contribution in [0, 0.1) is 11.3 Å². The second-order valence-corrected chi connectivity index (χ2v) is 4.26. The second-order valence-electron chi connectivity index (χ2n) is 4.26. The molecule has 0 atom stereocenters. The van der Waals surface area contributed by atoms with Crippen LogP contribution in [0.15, 0.2) is 34.9 Å². The van der Waals surface area contributed by atoms with Gasteiger partial charge in [0.2, 0.25) is 0 Å². The maximum absolute atomic E-state index is 8.49. The molecule has 0 bridgehead atoms. The lowest BCUT2D eigenvalue weighted by molar-refractivity contribution is 0.323. The van der Waals surface area contributed by atoms with Crippen LogP contribution < -0.4 is 0 Å². The van der Waals surface area contributed by atoms with Crippen molar-refractivity contribution < 1.29 is 4.42 Å². The Balaban J connectivity index is 2.01. The van der Waals surface area contributed by atoms with Gasteiger partial charge in [-0.15, -0.1) is 0 Å². The zero-order chi connectivity index (χ0) is 12.1. The summed E-state index contributed by atoms with van der Waals surface area (Å²) in [5, 5.41) is 9.67. The van der Waals surface area contributed by atoms with Crippen molar-refractivity contribution in [1.29, 1.82) is 5.26 Å². The predicted molar refractivity (Wildman–Crippen MR) is 67.4 cm³/mol. The van der Waals surface area contributed by atoms with E-state index in [9.17, 15) is 0 Å². The summed E-state index contributed by atoms with van der Waals surface area (Å²) in [7, 11) is 2.07. The van der Waals surface area contributed by atoms with E-state index in [1.54, 1.807) is 0 Å². The highest BCUT2D eigenvalue weighted by atomic mass is 16.3. The van der Waals surface area contributed by atoms with E-state index in [1.807, 2.05) is 24.5 Å². The molecule has 0 aliphatic heterocycles. The maximum Gasteiger partial charge on any atom is 0.134 e. The molecule has 0 aliphatic carbocycles. The van der Waals surface area contributed by atoms with Gasteiger partial charge in [-0.05, 0) is 26.1 Å². The lowest BCUT2D eigenvalue weighted by atomic mass is 10.1. The fourth-order valence-corrected chi connectivity index (χ4v) is 1.95. The molecule has 1 aromatic heterocycles. The van der Waals surface area contributed by atoms with Crippen LogP contribution in [0.3, 0.4) is 0 Å². The monoisotopic (exact) mass is 228 g/mol. The van der Waals surface area contributed by atoms with Gasteiger partial charge in [0.05, 0.1) is 12.3 Å². The summed E-state index contributed by atoms with van der Waals surface area (Å²) in [6.07, 6.45) is 3.37. The third kappa shape index (κ3) is 2.86. The van der Waals surface area contributed by atoms with E-state index < -0.39 is 0 Å². The van der Waals surface area contributed by atoms with Gasteiger partial charge in [0, 0.05) is 23.9 Å². The molecular formula is C14H16N2O. The molecule has 0 amide bonds. The standard InChI is InChI=1S/C14H16N2O/c1-16(9-5-4-8-15)10-12-11-17-14-7-3-2-6-13(12)14/h2-3,6-7,11H,4-5,9-10H2,1H3. The van der Waals surface area contributed by atoms with Crippen molar-refractivity contribution in [2.45, 2.75) is 19.4 Å². The molecule has 0 N–H and O–H groups in total. The van der Waals surface area contributed by atoms with E-state index in [1.165, 1.54) is 10.9 Å². The first-order valence-electron chi connectivity index (χ1n) is 5.82. The normalized spacial score (nSPS) is 10.9. The van der Waals surface area contributed by atoms with Gasteiger partial charge in [-0.3, -0.25) is 0 Å². The Hall–Kier alpha value is -1.79. The molecular weight excluding hydrogens is 212 g/mol. The molecule has 17 heavy (non-hydrogen) atoms. The molecule has 0 aliphatic rings. The Bertz CT molecular complexity index is 524. The Kier molecular flexibility index (Phi) is 3.79. The summed E-state index contributed by atoms with van der Waals surface area (Å²) in [5.41, 5.74) is 2.15. The van der Waals surface area contributed by atoms with Crippen LogP contribution in [-0.2, 0) is 6.54 Å². The number of furan rings is 1. The molecule has 2 aromatic rings. The summed E-state index contributed by atoms with van der Waals surface area (Å²) in [6, 6.07) is 10.2. The van der Waals surface area contributed by atoms with E-state index in [2.05, 4.69) is 24.1 Å². The third-order valence-corrected chi connectivity index (χ3v) is 2.83. The first kappa shape index (κ1) is 11.7. The molecule has 0 unspecified atom stereocenters. The van der Waals surface area contributed by atoms with E-state index in [-0.39, 0.29) is 0 Å². The number of benzene rings is 1. The van der Waals surface area contributed by atoms with E-state index in [0.29, 0.717) is 6.42 Å². The number of para-hydroxylation sites is 1. The Morgan fingerprint density at radius 2 is 2.18 bits per heavy atom. The zero-order valence-corrected chi connectivity index (χ0v) is 10.0. The molecule has 3 heteroatoms. The van der Waals surface area contributed by atoms with Crippen LogP contribution in [0.25, 0.3) is 11.0 Å². The first-order valence-corrected chi connectivity index (χ1v) is 5.82. The highest BCUT2D eigenvalue weighted by Gasteiger charge is 2.07. The second kappa shape index (κ2) is 5.51. The summed E-state index contributed by atoms with van der Waals surface area (Å²) in [5.74, 6) is 0. The van der Waals surface area contributed by atoms with Crippen molar-refractivity contribution >= 4 is 11.0 Å². The topological polar surface area (TPSA) is 40.2 Å². The Morgan fingerprint density at radius 3 is 3.00 bits per heavy atom. The fraction of sp³-hybridized carbons (Fsp3) is 0.357. The quantitative estimate of drug-likeness (QED) is 0.738. The highest BCUT2D eigenvalue weighted by molar-refractivity contribution is 5.80. The van der Waals surface area contributed by atoms with Gasteiger partial charge in [0.15, 0.2) is 0 Å². The number of unbranched alkanes of at least 4 members (excludes halogenated alkanes) is 1. The van der Waals surface area contributed by atoms with Crippen molar-refractivity contribution in [3.63, 3.8) is 0 Å². The van der Waals surface area contributed by atoms with Crippen LogP contribution in [-0.4, -0.2) is 18.5 Å². The van der Waals surface area contributed by atoms with Gasteiger partial charge in [-0.1, -0.05) is 18.2 Å². The number of hydrogen-bond donors (Lipinski definition) is 0. The maximum atomic E-state index is 8.49. The van der Waals surface area contributed by atoms with Gasteiger partial charge < -0.3 is 9.32 Å². The van der Waals surface area contributed by atoms with Crippen LogP contribution in [0.5, 0.6) is 0 Å². The van der Waals surface area contributed by atoms with Crippen molar-refractivity contribution in [3.05, 3.63) is 36.1 Å². The average Bonchev–Trinajstić information content (AvgIpc) is 2.73. The molecule has 0 fully saturated rings. The summed E-state index contributed by atoms with van der Waals surface area (Å²) in [6.45, 7) is 1.80. The molecule has 1 aromatic carbocycles. The smallest absolute Gasteiger partial charge is 0.134 e. The number of nitriles is 1. The van der Waals surface area contributed by atoms with Crippen molar-refractivity contribution in [2.75, 3.05) is 13.6 Å². The number of nitrogens with zero attached hydrogens (tertiary/aromatic N) is 2. The highest BCUT2D eigenvalue weighted by Crippen LogP contribution is 2.21. The Labute approximate surface area is 101 Å². The summed E-state index contributed by atoms with van der Waals surface area (Å²) in [4.78, 5) is 2.22. The minimum absolute atomic E-state index is 0.622. The average molecular weight is 228 g/mol. The molecule has 3 nitrogen and oxygen atoms in total. The van der Waals surface area contributed by atoms with Crippen molar-refractivity contribution in [1.82, 2.24) is 4.90 Å². The molecule has 0 spiro atoms. The largest absolute Gasteiger partial charge is 0.464 e. The van der Waals surface area contributed by atoms with E-state index >= 15 is 0 Å². The summed E-state index contributed by atoms with van der Waals surface area (Å²) >= 11 is 0. The van der Waals surface area contributed by atoms with Gasteiger partial charge in [-0.25, -0.2) is 0 Å². The predicted octanol–water partition coefficient (Wildman–Crippen LogP) is 3.17. The van der Waals surface area contributed by atoms with Crippen LogP contribution in [0.4, 0.5) is 0 Å². The molecule has 1 heterocycles. The number of hydrogen-bond acceptors (Lipinski definition) is 3. The molecule has 88 valence electrons. The molecule has 0 saturated heterocycles. The Morgan fingerprint density at radius 1 is 1.35 bits per heavy atom. The lowest BCUT2D eigenvalue weighted by Crippen LogP contribution is -2.18. The third-order valence-electron chi connectivity index (χ3n) is 2.83. The van der Waals surface area contributed by atoms with Gasteiger partial charge in [-0.2, -0.15) is 5.26 Å². The minimum atomic E-state index is 0.622. The fourth-order valence-electron chi connectivity index (χ4n) is 1.95.